The fourth-order valence-corrected chi connectivity index (χ4v) is 3.81. The molecule has 0 saturated heterocycles. The second-order valence-electron chi connectivity index (χ2n) is 6.74. The van der Waals surface area contributed by atoms with Crippen LogP contribution in [0, 0.1) is 5.95 Å². The van der Waals surface area contributed by atoms with Gasteiger partial charge >= 0.3 is 0 Å². The Morgan fingerprint density at radius 1 is 1.33 bits per heavy atom. The van der Waals surface area contributed by atoms with Gasteiger partial charge in [0, 0.05) is 23.1 Å². The standard InChI is InChI=1S/C20H22FN5O/c1-2-26-20(21)14(12-23-26)11-22-24-19(27)13-25-17-9-5-3-7-15(17)16-8-4-6-10-18(16)25/h3,5,7,9,11-12H,2,4,6,8,10,13H2,1H3,(H,24,27)/b22-11-. The Labute approximate surface area is 156 Å². The van der Waals surface area contributed by atoms with Crippen LogP contribution >= 0.6 is 0 Å². The largest absolute Gasteiger partial charge is 0.335 e. The Bertz CT molecular complexity index is 1020. The topological polar surface area (TPSA) is 64.2 Å². The number of fused-ring (bicyclic) bond motifs is 3. The van der Waals surface area contributed by atoms with Crippen molar-refractivity contribution < 1.29 is 9.18 Å². The molecule has 0 saturated carbocycles. The highest BCUT2D eigenvalue weighted by atomic mass is 19.1. The number of hydrogen-bond acceptors (Lipinski definition) is 3. The molecule has 0 atom stereocenters. The van der Waals surface area contributed by atoms with Gasteiger partial charge in [-0.1, -0.05) is 18.2 Å². The molecule has 7 heteroatoms. The maximum absolute atomic E-state index is 13.9. The van der Waals surface area contributed by atoms with E-state index in [1.807, 2.05) is 12.1 Å². The highest BCUT2D eigenvalue weighted by molar-refractivity contribution is 5.88. The molecule has 4 rings (SSSR count). The number of rotatable bonds is 5. The first-order valence-electron chi connectivity index (χ1n) is 9.31. The normalized spacial score (nSPS) is 14.0. The van der Waals surface area contributed by atoms with Gasteiger partial charge in [-0.05, 0) is 44.2 Å². The van der Waals surface area contributed by atoms with Crippen molar-refractivity contribution in [3.63, 3.8) is 0 Å². The van der Waals surface area contributed by atoms with Gasteiger partial charge in [-0.3, -0.25) is 4.79 Å². The SMILES string of the molecule is CCn1ncc(/C=N\NC(=O)Cn2c3c(c4ccccc42)CCCC3)c1F. The van der Waals surface area contributed by atoms with E-state index in [1.165, 1.54) is 40.2 Å². The minimum Gasteiger partial charge on any atom is -0.335 e. The predicted octanol–water partition coefficient (Wildman–Crippen LogP) is 3.03. The Morgan fingerprint density at radius 2 is 2.15 bits per heavy atom. The molecule has 0 spiro atoms. The lowest BCUT2D eigenvalue weighted by Gasteiger charge is -2.15. The van der Waals surface area contributed by atoms with Gasteiger partial charge in [0.25, 0.3) is 5.91 Å². The first-order chi connectivity index (χ1) is 13.2. The number of nitrogens with one attached hydrogen (secondary N) is 1. The van der Waals surface area contributed by atoms with Crippen molar-refractivity contribution in [3.8, 4) is 0 Å². The molecule has 0 bridgehead atoms. The number of nitrogens with zero attached hydrogens (tertiary/aromatic N) is 4. The van der Waals surface area contributed by atoms with Gasteiger partial charge in [0.2, 0.25) is 5.95 Å². The van der Waals surface area contributed by atoms with Crippen LogP contribution in [0.4, 0.5) is 4.39 Å². The van der Waals surface area contributed by atoms with E-state index in [0.29, 0.717) is 6.54 Å². The molecule has 6 nitrogen and oxygen atoms in total. The summed E-state index contributed by atoms with van der Waals surface area (Å²) >= 11 is 0. The maximum Gasteiger partial charge on any atom is 0.259 e. The van der Waals surface area contributed by atoms with Crippen LogP contribution in [0.15, 0.2) is 35.6 Å². The van der Waals surface area contributed by atoms with Crippen LogP contribution in [0.2, 0.25) is 0 Å². The summed E-state index contributed by atoms with van der Waals surface area (Å²) in [6, 6.07) is 8.21. The molecular weight excluding hydrogens is 345 g/mol. The number of carbonyl (C=O) groups is 1. The number of aromatic nitrogens is 3. The number of benzene rings is 1. The van der Waals surface area contributed by atoms with E-state index in [-0.39, 0.29) is 18.0 Å². The molecule has 2 aromatic heterocycles. The molecule has 1 aliphatic carbocycles. The van der Waals surface area contributed by atoms with Crippen LogP contribution in [0.25, 0.3) is 10.9 Å². The van der Waals surface area contributed by atoms with E-state index in [0.717, 1.165) is 24.8 Å². The molecule has 140 valence electrons. The first-order valence-corrected chi connectivity index (χ1v) is 9.31. The van der Waals surface area contributed by atoms with Gasteiger partial charge in [0.15, 0.2) is 0 Å². The van der Waals surface area contributed by atoms with Crippen LogP contribution in [-0.4, -0.2) is 26.5 Å². The van der Waals surface area contributed by atoms with Crippen LogP contribution < -0.4 is 5.43 Å². The van der Waals surface area contributed by atoms with E-state index >= 15 is 0 Å². The van der Waals surface area contributed by atoms with E-state index in [1.54, 1.807) is 6.92 Å². The van der Waals surface area contributed by atoms with E-state index in [2.05, 4.69) is 32.3 Å². The lowest BCUT2D eigenvalue weighted by Crippen LogP contribution is -2.24. The monoisotopic (exact) mass is 367 g/mol. The number of amides is 1. The summed E-state index contributed by atoms with van der Waals surface area (Å²) in [7, 11) is 0. The third-order valence-electron chi connectivity index (χ3n) is 5.08. The predicted molar refractivity (Wildman–Crippen MR) is 102 cm³/mol. The summed E-state index contributed by atoms with van der Waals surface area (Å²) in [4.78, 5) is 12.4. The van der Waals surface area contributed by atoms with E-state index in [4.69, 9.17) is 0 Å². The quantitative estimate of drug-likeness (QED) is 0.556. The number of aryl methyl sites for hydroxylation is 2. The van der Waals surface area contributed by atoms with Crippen molar-refractivity contribution in [1.29, 1.82) is 0 Å². The van der Waals surface area contributed by atoms with Gasteiger partial charge in [-0.15, -0.1) is 0 Å². The fourth-order valence-electron chi connectivity index (χ4n) is 3.81. The van der Waals surface area contributed by atoms with Crippen molar-refractivity contribution in [1.82, 2.24) is 19.8 Å². The summed E-state index contributed by atoms with van der Waals surface area (Å²) in [5.74, 6) is -0.690. The lowest BCUT2D eigenvalue weighted by molar-refractivity contribution is -0.121. The van der Waals surface area contributed by atoms with Crippen molar-refractivity contribution in [2.75, 3.05) is 0 Å². The molecule has 0 unspecified atom stereocenters. The number of para-hydroxylation sites is 1. The first kappa shape index (κ1) is 17.5. The van der Waals surface area contributed by atoms with Crippen molar-refractivity contribution in [2.24, 2.45) is 5.10 Å². The van der Waals surface area contributed by atoms with Gasteiger partial charge < -0.3 is 4.57 Å². The number of halogens is 1. The fraction of sp³-hybridized carbons (Fsp3) is 0.350. The molecule has 0 fully saturated rings. The number of hydrogen-bond donors (Lipinski definition) is 1. The van der Waals surface area contributed by atoms with E-state index < -0.39 is 5.95 Å². The molecule has 0 aliphatic heterocycles. The van der Waals surface area contributed by atoms with Crippen LogP contribution in [-0.2, 0) is 30.7 Å². The highest BCUT2D eigenvalue weighted by Crippen LogP contribution is 2.31. The highest BCUT2D eigenvalue weighted by Gasteiger charge is 2.20. The summed E-state index contributed by atoms with van der Waals surface area (Å²) in [5, 5.41) is 9.03. The minimum absolute atomic E-state index is 0.198. The average Bonchev–Trinajstić information content (AvgIpc) is 3.21. The van der Waals surface area contributed by atoms with Gasteiger partial charge in [0.05, 0.1) is 18.0 Å². The van der Waals surface area contributed by atoms with Gasteiger partial charge in [-0.2, -0.15) is 14.6 Å². The third-order valence-corrected chi connectivity index (χ3v) is 5.08. The molecule has 1 N–H and O–H groups in total. The Hall–Kier alpha value is -2.96. The second-order valence-corrected chi connectivity index (χ2v) is 6.74. The summed E-state index contributed by atoms with van der Waals surface area (Å²) in [6.45, 7) is 2.45. The van der Waals surface area contributed by atoms with Gasteiger partial charge in [0.1, 0.15) is 6.54 Å². The Kier molecular flexibility index (Phi) is 4.75. The molecule has 1 aliphatic rings. The summed E-state index contributed by atoms with van der Waals surface area (Å²) in [5.41, 5.74) is 6.44. The second kappa shape index (κ2) is 7.34. The van der Waals surface area contributed by atoms with Crippen LogP contribution in [0.1, 0.15) is 36.6 Å². The molecule has 0 radical (unpaired) electrons. The smallest absolute Gasteiger partial charge is 0.259 e. The van der Waals surface area contributed by atoms with Crippen molar-refractivity contribution in [2.45, 2.75) is 45.7 Å². The average molecular weight is 367 g/mol. The zero-order valence-corrected chi connectivity index (χ0v) is 15.3. The lowest BCUT2D eigenvalue weighted by atomic mass is 9.96. The molecular formula is C20H22FN5O. The third kappa shape index (κ3) is 3.25. The number of hydrazone groups is 1. The zero-order chi connectivity index (χ0) is 18.8. The molecule has 3 aromatic rings. The zero-order valence-electron chi connectivity index (χ0n) is 15.3. The van der Waals surface area contributed by atoms with Gasteiger partial charge in [-0.25, -0.2) is 10.1 Å². The van der Waals surface area contributed by atoms with Crippen LogP contribution in [0.5, 0.6) is 0 Å². The van der Waals surface area contributed by atoms with Crippen molar-refractivity contribution >= 4 is 23.0 Å². The molecule has 1 amide bonds. The number of carbonyl (C=O) groups excluding carboxylic acids is 1. The van der Waals surface area contributed by atoms with Crippen LogP contribution in [0.3, 0.4) is 0 Å². The Balaban J connectivity index is 1.51. The minimum atomic E-state index is -0.457. The summed E-state index contributed by atoms with van der Waals surface area (Å²) < 4.78 is 17.2. The Morgan fingerprint density at radius 3 is 2.96 bits per heavy atom. The maximum atomic E-state index is 13.9. The summed E-state index contributed by atoms with van der Waals surface area (Å²) in [6.07, 6.45) is 7.06. The van der Waals surface area contributed by atoms with E-state index in [9.17, 15) is 9.18 Å². The molecule has 27 heavy (non-hydrogen) atoms. The molecule has 2 heterocycles. The molecule has 1 aromatic carbocycles. The van der Waals surface area contributed by atoms with Crippen molar-refractivity contribution in [3.05, 3.63) is 53.2 Å².